The minimum Gasteiger partial charge on any atom is -0.300 e. The fourth-order valence-corrected chi connectivity index (χ4v) is 5.75. The van der Waals surface area contributed by atoms with Gasteiger partial charge in [0.1, 0.15) is 0 Å². The van der Waals surface area contributed by atoms with Gasteiger partial charge in [-0.2, -0.15) is 0 Å². The van der Waals surface area contributed by atoms with Crippen LogP contribution in [-0.4, -0.2) is 16.7 Å². The van der Waals surface area contributed by atoms with Crippen LogP contribution in [0.2, 0.25) is 0 Å². The summed E-state index contributed by atoms with van der Waals surface area (Å²) in [6, 6.07) is 0.716. The van der Waals surface area contributed by atoms with E-state index in [0.29, 0.717) is 10.9 Å². The highest BCUT2D eigenvalue weighted by molar-refractivity contribution is 8.00. The molecule has 94 valence electrons. The molecule has 1 aliphatic heterocycles. The van der Waals surface area contributed by atoms with E-state index in [1.54, 1.807) is 0 Å². The van der Waals surface area contributed by atoms with E-state index in [2.05, 4.69) is 44.8 Å². The Bertz CT molecular complexity index is 233. The van der Waals surface area contributed by atoms with Crippen LogP contribution in [0.15, 0.2) is 0 Å². The van der Waals surface area contributed by atoms with Gasteiger partial charge in [-0.05, 0) is 49.7 Å². The average molecular weight is 241 g/mol. The third-order valence-electron chi connectivity index (χ3n) is 4.43. The molecule has 2 aliphatic rings. The van der Waals surface area contributed by atoms with Crippen molar-refractivity contribution < 1.29 is 0 Å². The zero-order valence-corrected chi connectivity index (χ0v) is 12.1. The quantitative estimate of drug-likeness (QED) is 0.747. The van der Waals surface area contributed by atoms with Crippen molar-refractivity contribution in [3.63, 3.8) is 0 Å². The van der Waals surface area contributed by atoms with Gasteiger partial charge in [0.05, 0.1) is 4.87 Å². The Hall–Kier alpha value is 0.310. The van der Waals surface area contributed by atoms with Gasteiger partial charge in [0.2, 0.25) is 0 Å². The Morgan fingerprint density at radius 2 is 1.94 bits per heavy atom. The largest absolute Gasteiger partial charge is 0.300 e. The molecule has 4 atom stereocenters. The maximum Gasteiger partial charge on any atom is 0.0680 e. The first kappa shape index (κ1) is 12.8. The number of hydrogen-bond acceptors (Lipinski definition) is 2. The molecule has 1 nitrogen and oxygen atoms in total. The van der Waals surface area contributed by atoms with Crippen LogP contribution in [0.1, 0.15) is 53.4 Å². The lowest BCUT2D eigenvalue weighted by molar-refractivity contribution is 0.131. The van der Waals surface area contributed by atoms with E-state index in [9.17, 15) is 0 Å². The van der Waals surface area contributed by atoms with Crippen molar-refractivity contribution in [1.82, 2.24) is 5.32 Å². The Labute approximate surface area is 105 Å². The summed E-state index contributed by atoms with van der Waals surface area (Å²) in [5.74, 6) is 3.94. The van der Waals surface area contributed by atoms with Gasteiger partial charge < -0.3 is 5.32 Å². The highest BCUT2D eigenvalue weighted by Gasteiger charge is 2.46. The van der Waals surface area contributed by atoms with E-state index >= 15 is 0 Å². The van der Waals surface area contributed by atoms with Crippen LogP contribution in [0, 0.1) is 17.8 Å². The van der Waals surface area contributed by atoms with Crippen molar-refractivity contribution in [3.8, 4) is 0 Å². The average Bonchev–Trinajstić information content (AvgIpc) is 2.16. The van der Waals surface area contributed by atoms with E-state index in [4.69, 9.17) is 0 Å². The van der Waals surface area contributed by atoms with Gasteiger partial charge in [0, 0.05) is 6.04 Å². The van der Waals surface area contributed by atoms with Gasteiger partial charge in [-0.3, -0.25) is 0 Å². The van der Waals surface area contributed by atoms with E-state index in [1.165, 1.54) is 31.4 Å². The van der Waals surface area contributed by atoms with Gasteiger partial charge in [-0.1, -0.05) is 27.2 Å². The highest BCUT2D eigenvalue weighted by Crippen LogP contribution is 2.49. The number of thioether (sulfide) groups is 1. The van der Waals surface area contributed by atoms with E-state index in [-0.39, 0.29) is 0 Å². The molecule has 1 spiro atoms. The standard InChI is InChI=1S/C14H27NS/c1-10(2)13-6-5-11(3)9-14(13)15-12(4)7-8-16-14/h10-13,15H,5-9H2,1-4H3. The first-order valence-electron chi connectivity index (χ1n) is 6.95. The zero-order chi connectivity index (χ0) is 11.8. The second kappa shape index (κ2) is 4.89. The van der Waals surface area contributed by atoms with Gasteiger partial charge in [-0.25, -0.2) is 0 Å². The van der Waals surface area contributed by atoms with Crippen LogP contribution in [0.4, 0.5) is 0 Å². The fraction of sp³-hybridized carbons (Fsp3) is 1.00. The molecule has 4 unspecified atom stereocenters. The molecule has 16 heavy (non-hydrogen) atoms. The van der Waals surface area contributed by atoms with Crippen molar-refractivity contribution in [2.24, 2.45) is 17.8 Å². The minimum atomic E-state index is 0.406. The maximum atomic E-state index is 3.96. The third-order valence-corrected chi connectivity index (χ3v) is 5.97. The summed E-state index contributed by atoms with van der Waals surface area (Å²) in [5, 5.41) is 3.96. The van der Waals surface area contributed by atoms with Crippen LogP contribution in [0.5, 0.6) is 0 Å². The normalized spacial score (nSPS) is 45.2. The molecule has 0 radical (unpaired) electrons. The third kappa shape index (κ3) is 2.43. The molecule has 2 rings (SSSR count). The SMILES string of the molecule is CC1CCC(C(C)C)C2(C1)NC(C)CCS2. The minimum absolute atomic E-state index is 0.406. The molecule has 1 N–H and O–H groups in total. The van der Waals surface area contributed by atoms with Crippen molar-refractivity contribution in [3.05, 3.63) is 0 Å². The summed E-state index contributed by atoms with van der Waals surface area (Å²) in [6.45, 7) is 9.60. The predicted octanol–water partition coefficient (Wildman–Crippen LogP) is 3.89. The molecule has 1 saturated carbocycles. The first-order valence-corrected chi connectivity index (χ1v) is 7.94. The molecule has 0 amide bonds. The second-order valence-electron chi connectivity index (χ2n) is 6.31. The lowest BCUT2D eigenvalue weighted by Gasteiger charge is -2.52. The van der Waals surface area contributed by atoms with Gasteiger partial charge in [-0.15, -0.1) is 11.8 Å². The molecule has 2 fully saturated rings. The summed E-state index contributed by atoms with van der Waals surface area (Å²) in [6.07, 6.45) is 5.57. The lowest BCUT2D eigenvalue weighted by atomic mass is 9.73. The van der Waals surface area contributed by atoms with Gasteiger partial charge in [0.25, 0.3) is 0 Å². The maximum absolute atomic E-state index is 3.96. The molecule has 1 heterocycles. The molecule has 1 aliphatic carbocycles. The van der Waals surface area contributed by atoms with Crippen molar-refractivity contribution in [2.45, 2.75) is 64.3 Å². The lowest BCUT2D eigenvalue weighted by Crippen LogP contribution is -2.58. The zero-order valence-electron chi connectivity index (χ0n) is 11.3. The smallest absolute Gasteiger partial charge is 0.0680 e. The van der Waals surface area contributed by atoms with E-state index < -0.39 is 0 Å². The Kier molecular flexibility index (Phi) is 3.90. The number of nitrogens with one attached hydrogen (secondary N) is 1. The first-order chi connectivity index (χ1) is 7.53. The van der Waals surface area contributed by atoms with Crippen LogP contribution < -0.4 is 5.32 Å². The molecular formula is C14H27NS. The predicted molar refractivity (Wildman–Crippen MR) is 73.7 cm³/mol. The molecule has 0 bridgehead atoms. The highest BCUT2D eigenvalue weighted by atomic mass is 32.2. The number of rotatable bonds is 1. The topological polar surface area (TPSA) is 12.0 Å². The molecule has 0 aromatic rings. The monoisotopic (exact) mass is 241 g/mol. The van der Waals surface area contributed by atoms with E-state index in [0.717, 1.165) is 17.8 Å². The molecule has 1 saturated heterocycles. The van der Waals surface area contributed by atoms with Crippen LogP contribution in [-0.2, 0) is 0 Å². The fourth-order valence-electron chi connectivity index (χ4n) is 3.62. The van der Waals surface area contributed by atoms with E-state index in [1.807, 2.05) is 0 Å². The molecule has 0 aromatic heterocycles. The molecular weight excluding hydrogens is 214 g/mol. The van der Waals surface area contributed by atoms with Crippen LogP contribution in [0.3, 0.4) is 0 Å². The Balaban J connectivity index is 2.17. The van der Waals surface area contributed by atoms with Crippen LogP contribution in [0.25, 0.3) is 0 Å². The van der Waals surface area contributed by atoms with Gasteiger partial charge in [0.15, 0.2) is 0 Å². The Morgan fingerprint density at radius 1 is 1.19 bits per heavy atom. The second-order valence-corrected chi connectivity index (χ2v) is 7.73. The van der Waals surface area contributed by atoms with Crippen molar-refractivity contribution in [2.75, 3.05) is 5.75 Å². The van der Waals surface area contributed by atoms with Gasteiger partial charge >= 0.3 is 0 Å². The summed E-state index contributed by atoms with van der Waals surface area (Å²) >= 11 is 2.22. The van der Waals surface area contributed by atoms with Crippen LogP contribution >= 0.6 is 11.8 Å². The Morgan fingerprint density at radius 3 is 2.56 bits per heavy atom. The van der Waals surface area contributed by atoms with Crippen molar-refractivity contribution >= 4 is 11.8 Å². The van der Waals surface area contributed by atoms with Crippen molar-refractivity contribution in [1.29, 1.82) is 0 Å². The molecule has 2 heteroatoms. The number of hydrogen-bond donors (Lipinski definition) is 1. The molecule has 0 aromatic carbocycles. The summed E-state index contributed by atoms with van der Waals surface area (Å²) in [4.78, 5) is 0.406. The summed E-state index contributed by atoms with van der Waals surface area (Å²) in [5.41, 5.74) is 0. The summed E-state index contributed by atoms with van der Waals surface area (Å²) < 4.78 is 0. The summed E-state index contributed by atoms with van der Waals surface area (Å²) in [7, 11) is 0.